The van der Waals surface area contributed by atoms with Crippen molar-refractivity contribution in [3.63, 3.8) is 0 Å². The van der Waals surface area contributed by atoms with Crippen LogP contribution in [0.15, 0.2) is 27.7 Å². The van der Waals surface area contributed by atoms with Gasteiger partial charge in [-0.2, -0.15) is 0 Å². The Kier molecular flexibility index (Phi) is 5.97. The van der Waals surface area contributed by atoms with Gasteiger partial charge in [-0.25, -0.2) is 4.39 Å². The molecule has 0 aliphatic heterocycles. The molecule has 0 aliphatic carbocycles. The number of hydrogen-bond acceptors (Lipinski definition) is 1. The molecule has 0 saturated heterocycles. The maximum absolute atomic E-state index is 13.5. The van der Waals surface area contributed by atoms with Gasteiger partial charge < -0.3 is 10.6 Å². The fraction of sp³-hybridized carbons (Fsp3) is 0.417. The lowest BCUT2D eigenvalue weighted by molar-refractivity contribution is 0.603. The summed E-state index contributed by atoms with van der Waals surface area (Å²) in [5, 5.41) is 6.19. The Labute approximate surface area is 110 Å². The van der Waals surface area contributed by atoms with Crippen molar-refractivity contribution in [3.05, 3.63) is 34.1 Å². The molecule has 0 amide bonds. The van der Waals surface area contributed by atoms with Crippen LogP contribution >= 0.6 is 15.9 Å². The van der Waals surface area contributed by atoms with E-state index in [1.807, 2.05) is 6.07 Å². The van der Waals surface area contributed by atoms with Crippen molar-refractivity contribution in [2.75, 3.05) is 13.6 Å². The van der Waals surface area contributed by atoms with Gasteiger partial charge in [-0.05, 0) is 18.6 Å². The highest BCUT2D eigenvalue weighted by atomic mass is 79.9. The molecule has 1 aromatic carbocycles. The molecule has 2 N–H and O–H groups in total. The van der Waals surface area contributed by atoms with Crippen LogP contribution in [0.4, 0.5) is 4.39 Å². The quantitative estimate of drug-likeness (QED) is 0.663. The minimum Gasteiger partial charge on any atom is -0.356 e. The molecule has 0 unspecified atom stereocenters. The van der Waals surface area contributed by atoms with Crippen LogP contribution in [0.5, 0.6) is 0 Å². The van der Waals surface area contributed by atoms with Crippen LogP contribution in [0.25, 0.3) is 0 Å². The van der Waals surface area contributed by atoms with Gasteiger partial charge in [0.25, 0.3) is 0 Å². The van der Waals surface area contributed by atoms with Crippen molar-refractivity contribution in [1.29, 1.82) is 0 Å². The first-order chi connectivity index (χ1) is 8.17. The summed E-state index contributed by atoms with van der Waals surface area (Å²) in [6, 6.07) is 5.03. The molecule has 0 heterocycles. The number of benzene rings is 1. The molecule has 17 heavy (non-hydrogen) atoms. The molecule has 0 aliphatic rings. The molecule has 0 atom stereocenters. The van der Waals surface area contributed by atoms with Gasteiger partial charge in [0.1, 0.15) is 5.82 Å². The normalized spacial score (nSPS) is 11.4. The van der Waals surface area contributed by atoms with Gasteiger partial charge in [0.05, 0.1) is 0 Å². The predicted molar refractivity (Wildman–Crippen MR) is 72.6 cm³/mol. The molecule has 5 heteroatoms. The lowest BCUT2D eigenvalue weighted by Crippen LogP contribution is -2.37. The van der Waals surface area contributed by atoms with Crippen LogP contribution < -0.4 is 10.6 Å². The van der Waals surface area contributed by atoms with Crippen molar-refractivity contribution in [1.82, 2.24) is 10.6 Å². The highest BCUT2D eigenvalue weighted by molar-refractivity contribution is 9.10. The summed E-state index contributed by atoms with van der Waals surface area (Å²) >= 11 is 3.23. The molecule has 0 aromatic heterocycles. The number of hydrogen-bond donors (Lipinski definition) is 2. The number of aliphatic imine (C=N–C) groups is 1. The van der Waals surface area contributed by atoms with Crippen LogP contribution in [0.2, 0.25) is 0 Å². The first-order valence-electron chi connectivity index (χ1n) is 5.55. The number of halogens is 2. The Balaban J connectivity index is 2.54. The molecular weight excluding hydrogens is 285 g/mol. The molecular formula is C12H17BrFN3. The van der Waals surface area contributed by atoms with Gasteiger partial charge >= 0.3 is 0 Å². The summed E-state index contributed by atoms with van der Waals surface area (Å²) in [4.78, 5) is 4.05. The summed E-state index contributed by atoms with van der Waals surface area (Å²) < 4.78 is 14.3. The molecule has 3 nitrogen and oxygen atoms in total. The zero-order chi connectivity index (χ0) is 12.7. The van der Waals surface area contributed by atoms with E-state index in [1.165, 1.54) is 6.07 Å². The first-order valence-corrected chi connectivity index (χ1v) is 6.35. The molecule has 0 bridgehead atoms. The van der Waals surface area contributed by atoms with Gasteiger partial charge in [-0.15, -0.1) is 0 Å². The number of nitrogens with one attached hydrogen (secondary N) is 2. The Hall–Kier alpha value is -1.10. The summed E-state index contributed by atoms with van der Waals surface area (Å²) in [5.41, 5.74) is 0.618. The van der Waals surface area contributed by atoms with Crippen molar-refractivity contribution in [2.45, 2.75) is 19.9 Å². The SMILES string of the molecule is CCCNC(=NC)NCc1ccc(Br)cc1F. The lowest BCUT2D eigenvalue weighted by Gasteiger charge is -2.11. The molecule has 94 valence electrons. The molecule has 0 saturated carbocycles. The van der Waals surface area contributed by atoms with Crippen molar-refractivity contribution < 1.29 is 4.39 Å². The van der Waals surface area contributed by atoms with E-state index in [-0.39, 0.29) is 5.82 Å². The number of rotatable bonds is 4. The Bertz CT molecular complexity index is 393. The van der Waals surface area contributed by atoms with E-state index >= 15 is 0 Å². The van der Waals surface area contributed by atoms with Crippen molar-refractivity contribution >= 4 is 21.9 Å². The Morgan fingerprint density at radius 3 is 2.76 bits per heavy atom. The fourth-order valence-electron chi connectivity index (χ4n) is 1.31. The highest BCUT2D eigenvalue weighted by Gasteiger charge is 2.03. The third-order valence-electron chi connectivity index (χ3n) is 2.23. The molecule has 0 radical (unpaired) electrons. The molecule has 0 fully saturated rings. The number of guanidine groups is 1. The van der Waals surface area contributed by atoms with Crippen LogP contribution in [0.1, 0.15) is 18.9 Å². The Morgan fingerprint density at radius 1 is 1.41 bits per heavy atom. The minimum absolute atomic E-state index is 0.224. The second kappa shape index (κ2) is 7.27. The van der Waals surface area contributed by atoms with Gasteiger partial charge in [0.2, 0.25) is 0 Å². The molecule has 1 aromatic rings. The van der Waals surface area contributed by atoms with Crippen molar-refractivity contribution in [2.24, 2.45) is 4.99 Å². The average Bonchev–Trinajstić information content (AvgIpc) is 2.31. The van der Waals surface area contributed by atoms with Gasteiger partial charge in [-0.1, -0.05) is 28.9 Å². The molecule has 1 rings (SSSR count). The smallest absolute Gasteiger partial charge is 0.191 e. The van der Waals surface area contributed by atoms with E-state index in [1.54, 1.807) is 13.1 Å². The minimum atomic E-state index is -0.224. The molecule has 0 spiro atoms. The average molecular weight is 302 g/mol. The third-order valence-corrected chi connectivity index (χ3v) is 2.72. The fourth-order valence-corrected chi connectivity index (χ4v) is 1.64. The standard InChI is InChI=1S/C12H17BrFN3/c1-3-6-16-12(15-2)17-8-9-4-5-10(13)7-11(9)14/h4-5,7H,3,6,8H2,1-2H3,(H2,15,16,17). The topological polar surface area (TPSA) is 36.4 Å². The maximum atomic E-state index is 13.5. The summed E-state index contributed by atoms with van der Waals surface area (Å²) in [6.07, 6.45) is 1.02. The van der Waals surface area contributed by atoms with Crippen LogP contribution in [0, 0.1) is 5.82 Å². The predicted octanol–water partition coefficient (Wildman–Crippen LogP) is 2.66. The van der Waals surface area contributed by atoms with Crippen LogP contribution in [-0.4, -0.2) is 19.6 Å². The second-order valence-corrected chi connectivity index (χ2v) is 4.50. The maximum Gasteiger partial charge on any atom is 0.191 e. The van der Waals surface area contributed by atoms with Gasteiger partial charge in [0.15, 0.2) is 5.96 Å². The summed E-state index contributed by atoms with van der Waals surface area (Å²) in [7, 11) is 1.70. The van der Waals surface area contributed by atoms with E-state index in [9.17, 15) is 4.39 Å². The van der Waals surface area contributed by atoms with E-state index in [4.69, 9.17) is 0 Å². The largest absolute Gasteiger partial charge is 0.356 e. The summed E-state index contributed by atoms with van der Waals surface area (Å²) in [5.74, 6) is 0.465. The van der Waals surface area contributed by atoms with E-state index in [0.717, 1.165) is 17.4 Å². The summed E-state index contributed by atoms with van der Waals surface area (Å²) in [6.45, 7) is 3.35. The highest BCUT2D eigenvalue weighted by Crippen LogP contribution is 2.14. The van der Waals surface area contributed by atoms with Crippen LogP contribution in [0.3, 0.4) is 0 Å². The lowest BCUT2D eigenvalue weighted by atomic mass is 10.2. The number of nitrogens with zero attached hydrogens (tertiary/aromatic N) is 1. The third kappa shape index (κ3) is 4.73. The van der Waals surface area contributed by atoms with Gasteiger partial charge in [0, 0.05) is 30.2 Å². The van der Waals surface area contributed by atoms with E-state index in [2.05, 4.69) is 38.5 Å². The van der Waals surface area contributed by atoms with Gasteiger partial charge in [-0.3, -0.25) is 4.99 Å². The van der Waals surface area contributed by atoms with Crippen LogP contribution in [-0.2, 0) is 6.54 Å². The monoisotopic (exact) mass is 301 g/mol. The van der Waals surface area contributed by atoms with Crippen molar-refractivity contribution in [3.8, 4) is 0 Å². The van der Waals surface area contributed by atoms with E-state index in [0.29, 0.717) is 18.1 Å². The second-order valence-electron chi connectivity index (χ2n) is 3.59. The zero-order valence-corrected chi connectivity index (χ0v) is 11.6. The Morgan fingerprint density at radius 2 is 2.18 bits per heavy atom. The zero-order valence-electron chi connectivity index (χ0n) is 10.1. The first kappa shape index (κ1) is 14.0. The van der Waals surface area contributed by atoms with E-state index < -0.39 is 0 Å².